The molecule has 2 saturated heterocycles. The smallest absolute Gasteiger partial charge is 0.234 e. The van der Waals surface area contributed by atoms with E-state index in [1.165, 1.54) is 12.8 Å². The van der Waals surface area contributed by atoms with Gasteiger partial charge in [-0.05, 0) is 37.6 Å². The van der Waals surface area contributed by atoms with E-state index in [9.17, 15) is 4.79 Å². The first-order valence-electron chi connectivity index (χ1n) is 10.4. The van der Waals surface area contributed by atoms with Crippen molar-refractivity contribution >= 4 is 17.5 Å². The average Bonchev–Trinajstić information content (AvgIpc) is 3.23. The van der Waals surface area contributed by atoms with E-state index in [0.29, 0.717) is 13.1 Å². The summed E-state index contributed by atoms with van der Waals surface area (Å²) < 4.78 is 5.14. The molecule has 0 radical (unpaired) electrons. The fraction of sp³-hybridized carbons (Fsp3) is 0.667. The molecular formula is C21H33ClN4O2. The highest BCUT2D eigenvalue weighted by atomic mass is 35.5. The Morgan fingerprint density at radius 1 is 1.11 bits per heavy atom. The second kappa shape index (κ2) is 11.1. The van der Waals surface area contributed by atoms with Gasteiger partial charge in [0.05, 0.1) is 19.2 Å². The number of piperazine rings is 1. The number of hydrogen-bond acceptors (Lipinski definition) is 5. The second-order valence-electron chi connectivity index (χ2n) is 7.70. The highest BCUT2D eigenvalue weighted by Gasteiger charge is 2.26. The number of carbonyl (C=O) groups is 1. The van der Waals surface area contributed by atoms with E-state index < -0.39 is 0 Å². The summed E-state index contributed by atoms with van der Waals surface area (Å²) in [6.07, 6.45) is 2.42. The maximum atomic E-state index is 12.6. The largest absolute Gasteiger partial charge is 0.383 e. The Kier molecular flexibility index (Phi) is 8.55. The summed E-state index contributed by atoms with van der Waals surface area (Å²) in [5.74, 6) is 0.0987. The molecule has 1 amide bonds. The molecule has 0 bridgehead atoms. The van der Waals surface area contributed by atoms with Gasteiger partial charge in [0.25, 0.3) is 0 Å². The minimum absolute atomic E-state index is 0.0987. The third-order valence-electron chi connectivity index (χ3n) is 5.78. The molecule has 7 heteroatoms. The minimum Gasteiger partial charge on any atom is -0.383 e. The van der Waals surface area contributed by atoms with Crippen LogP contribution in [-0.2, 0) is 9.53 Å². The predicted octanol–water partition coefficient (Wildman–Crippen LogP) is 1.86. The molecule has 28 heavy (non-hydrogen) atoms. The standard InChI is InChI=1S/C21H33ClN4O2/c1-28-15-14-24-10-12-25(13-11-24)17-21(27)23-16-20(26-8-4-5-9-26)18-6-2-3-7-19(18)22/h2-3,6-7,20H,4-5,8-17H2,1H3,(H,23,27). The number of nitrogens with one attached hydrogen (secondary N) is 1. The molecule has 0 aliphatic carbocycles. The van der Waals surface area contributed by atoms with Gasteiger partial charge in [-0.25, -0.2) is 0 Å². The van der Waals surface area contributed by atoms with Crippen LogP contribution in [0.15, 0.2) is 24.3 Å². The van der Waals surface area contributed by atoms with Gasteiger partial charge < -0.3 is 10.1 Å². The summed E-state index contributed by atoms with van der Waals surface area (Å²) in [6.45, 7) is 8.77. The maximum absolute atomic E-state index is 12.6. The van der Waals surface area contributed by atoms with Gasteiger partial charge in [-0.2, -0.15) is 0 Å². The zero-order chi connectivity index (χ0) is 19.8. The van der Waals surface area contributed by atoms with Crippen LogP contribution in [0.4, 0.5) is 0 Å². The van der Waals surface area contributed by atoms with E-state index in [0.717, 1.165) is 63.0 Å². The Morgan fingerprint density at radius 2 is 1.79 bits per heavy atom. The van der Waals surface area contributed by atoms with Gasteiger partial charge >= 0.3 is 0 Å². The number of carbonyl (C=O) groups excluding carboxylic acids is 1. The Labute approximate surface area is 173 Å². The summed E-state index contributed by atoms with van der Waals surface area (Å²) in [7, 11) is 1.73. The molecule has 1 unspecified atom stereocenters. The van der Waals surface area contributed by atoms with Crippen molar-refractivity contribution in [3.05, 3.63) is 34.9 Å². The lowest BCUT2D eigenvalue weighted by atomic mass is 10.1. The van der Waals surface area contributed by atoms with Crippen LogP contribution in [0.25, 0.3) is 0 Å². The monoisotopic (exact) mass is 408 g/mol. The van der Waals surface area contributed by atoms with Crippen LogP contribution >= 0.6 is 11.6 Å². The topological polar surface area (TPSA) is 48.1 Å². The number of nitrogens with zero attached hydrogens (tertiary/aromatic N) is 3. The zero-order valence-electron chi connectivity index (χ0n) is 16.9. The normalized spacial score (nSPS) is 20.4. The summed E-state index contributed by atoms with van der Waals surface area (Å²) in [6, 6.07) is 8.14. The van der Waals surface area contributed by atoms with Crippen LogP contribution in [-0.4, -0.2) is 93.2 Å². The third-order valence-corrected chi connectivity index (χ3v) is 6.13. The molecule has 0 spiro atoms. The van der Waals surface area contributed by atoms with Crippen LogP contribution in [0.1, 0.15) is 24.4 Å². The molecule has 2 aliphatic rings. The van der Waals surface area contributed by atoms with Gasteiger partial charge in [0.2, 0.25) is 5.91 Å². The number of amides is 1. The number of hydrogen-bond donors (Lipinski definition) is 1. The minimum atomic E-state index is 0.0987. The molecule has 1 N–H and O–H groups in total. The Morgan fingerprint density at radius 3 is 2.46 bits per heavy atom. The molecule has 2 heterocycles. The molecule has 1 aromatic carbocycles. The van der Waals surface area contributed by atoms with E-state index in [1.54, 1.807) is 7.11 Å². The number of ether oxygens (including phenoxy) is 1. The Balaban J connectivity index is 1.48. The Hall–Kier alpha value is -1.18. The number of halogens is 1. The maximum Gasteiger partial charge on any atom is 0.234 e. The molecule has 156 valence electrons. The first-order chi connectivity index (χ1) is 13.7. The van der Waals surface area contributed by atoms with Gasteiger partial charge in [0.1, 0.15) is 0 Å². The van der Waals surface area contributed by atoms with Crippen molar-refractivity contribution in [2.45, 2.75) is 18.9 Å². The summed E-state index contributed by atoms with van der Waals surface area (Å²) >= 11 is 6.46. The lowest BCUT2D eigenvalue weighted by Crippen LogP contribution is -2.50. The molecular weight excluding hydrogens is 376 g/mol. The molecule has 2 fully saturated rings. The van der Waals surface area contributed by atoms with Gasteiger partial charge in [0.15, 0.2) is 0 Å². The molecule has 0 saturated carbocycles. The van der Waals surface area contributed by atoms with E-state index in [1.807, 2.05) is 18.2 Å². The molecule has 0 aromatic heterocycles. The SMILES string of the molecule is COCCN1CCN(CC(=O)NCC(c2ccccc2Cl)N2CCCC2)CC1. The van der Waals surface area contributed by atoms with Crippen molar-refractivity contribution in [2.75, 3.05) is 72.6 Å². The van der Waals surface area contributed by atoms with Crippen molar-refractivity contribution in [3.8, 4) is 0 Å². The van der Waals surface area contributed by atoms with Gasteiger partial charge in [-0.3, -0.25) is 19.5 Å². The van der Waals surface area contributed by atoms with Crippen molar-refractivity contribution < 1.29 is 9.53 Å². The van der Waals surface area contributed by atoms with Crippen LogP contribution in [0.3, 0.4) is 0 Å². The van der Waals surface area contributed by atoms with Crippen LogP contribution < -0.4 is 5.32 Å². The van der Waals surface area contributed by atoms with Crippen molar-refractivity contribution in [1.29, 1.82) is 0 Å². The fourth-order valence-corrected chi connectivity index (χ4v) is 4.36. The van der Waals surface area contributed by atoms with Crippen LogP contribution in [0.5, 0.6) is 0 Å². The lowest BCUT2D eigenvalue weighted by Gasteiger charge is -2.34. The highest BCUT2D eigenvalue weighted by molar-refractivity contribution is 6.31. The van der Waals surface area contributed by atoms with Gasteiger partial charge in [-0.15, -0.1) is 0 Å². The van der Waals surface area contributed by atoms with E-state index >= 15 is 0 Å². The third kappa shape index (κ3) is 6.16. The fourth-order valence-electron chi connectivity index (χ4n) is 4.10. The number of rotatable bonds is 9. The average molecular weight is 409 g/mol. The molecule has 1 aromatic rings. The van der Waals surface area contributed by atoms with Crippen LogP contribution in [0, 0.1) is 0 Å². The van der Waals surface area contributed by atoms with Crippen LogP contribution in [0.2, 0.25) is 5.02 Å². The quantitative estimate of drug-likeness (QED) is 0.675. The predicted molar refractivity (Wildman–Crippen MR) is 113 cm³/mol. The second-order valence-corrected chi connectivity index (χ2v) is 8.10. The molecule has 1 atom stereocenters. The van der Waals surface area contributed by atoms with Gasteiger partial charge in [-0.1, -0.05) is 29.8 Å². The summed E-state index contributed by atoms with van der Waals surface area (Å²) in [5.41, 5.74) is 1.11. The number of likely N-dealkylation sites (tertiary alicyclic amines) is 1. The number of methoxy groups -OCH3 is 1. The Bertz CT molecular complexity index is 616. The number of benzene rings is 1. The summed E-state index contributed by atoms with van der Waals surface area (Å²) in [4.78, 5) is 19.6. The van der Waals surface area contributed by atoms with Crippen molar-refractivity contribution in [1.82, 2.24) is 20.0 Å². The highest BCUT2D eigenvalue weighted by Crippen LogP contribution is 2.29. The van der Waals surface area contributed by atoms with Crippen molar-refractivity contribution in [3.63, 3.8) is 0 Å². The zero-order valence-corrected chi connectivity index (χ0v) is 17.7. The van der Waals surface area contributed by atoms with Crippen molar-refractivity contribution in [2.24, 2.45) is 0 Å². The molecule has 2 aliphatic heterocycles. The first kappa shape index (κ1) is 21.5. The van der Waals surface area contributed by atoms with E-state index in [4.69, 9.17) is 16.3 Å². The molecule has 3 rings (SSSR count). The van der Waals surface area contributed by atoms with E-state index in [-0.39, 0.29) is 11.9 Å². The van der Waals surface area contributed by atoms with E-state index in [2.05, 4.69) is 26.1 Å². The summed E-state index contributed by atoms with van der Waals surface area (Å²) in [5, 5.41) is 3.94. The lowest BCUT2D eigenvalue weighted by molar-refractivity contribution is -0.122. The van der Waals surface area contributed by atoms with Gasteiger partial charge in [0, 0.05) is 51.4 Å². The molecule has 6 nitrogen and oxygen atoms in total. The first-order valence-corrected chi connectivity index (χ1v) is 10.7.